The highest BCUT2D eigenvalue weighted by atomic mass is 19.1. The van der Waals surface area contributed by atoms with Gasteiger partial charge in [0.15, 0.2) is 5.82 Å². The van der Waals surface area contributed by atoms with Gasteiger partial charge in [0.2, 0.25) is 0 Å². The highest BCUT2D eigenvalue weighted by molar-refractivity contribution is 6.01. The Bertz CT molecular complexity index is 1630. The van der Waals surface area contributed by atoms with E-state index in [1.807, 2.05) is 31.2 Å². The fraction of sp³-hybridized carbons (Fsp3) is 0.286. The minimum absolute atomic E-state index is 0.185. The summed E-state index contributed by atoms with van der Waals surface area (Å²) in [6.07, 6.45) is 6.03. The summed E-state index contributed by atoms with van der Waals surface area (Å²) in [6.45, 7) is 2.17. The van der Waals surface area contributed by atoms with Gasteiger partial charge < -0.3 is 10.4 Å². The number of aromatic nitrogens is 5. The van der Waals surface area contributed by atoms with Crippen LogP contribution in [0.5, 0.6) is 0 Å². The van der Waals surface area contributed by atoms with Crippen LogP contribution >= 0.6 is 0 Å². The molecule has 5 aromatic rings. The maximum Gasteiger partial charge on any atom is 0.251 e. The van der Waals surface area contributed by atoms with Crippen molar-refractivity contribution in [1.29, 1.82) is 0 Å². The highest BCUT2D eigenvalue weighted by Gasteiger charge is 2.36. The smallest absolute Gasteiger partial charge is 0.251 e. The van der Waals surface area contributed by atoms with Gasteiger partial charge in [-0.2, -0.15) is 10.2 Å². The Labute approximate surface area is 212 Å². The van der Waals surface area contributed by atoms with Gasteiger partial charge in [-0.1, -0.05) is 12.1 Å². The number of amides is 1. The number of hydrogen-bond acceptors (Lipinski definition) is 5. The second-order valence-corrected chi connectivity index (χ2v) is 10.0. The van der Waals surface area contributed by atoms with Crippen LogP contribution in [0.2, 0.25) is 0 Å². The molecule has 3 heterocycles. The largest absolute Gasteiger partial charge is 0.388 e. The molecule has 1 fully saturated rings. The summed E-state index contributed by atoms with van der Waals surface area (Å²) in [4.78, 5) is 17.5. The van der Waals surface area contributed by atoms with E-state index in [1.165, 1.54) is 6.07 Å². The lowest BCUT2D eigenvalue weighted by Crippen LogP contribution is -2.47. The molecule has 0 aliphatic heterocycles. The molecule has 2 unspecified atom stereocenters. The number of rotatable bonds is 5. The Hall–Kier alpha value is -4.11. The normalized spacial score (nSPS) is 19.9. The molecular formula is C28H27FN6O2. The third-order valence-electron chi connectivity index (χ3n) is 7.14. The molecule has 2 atom stereocenters. The minimum atomic E-state index is -1.05. The standard InChI is InChI=1S/C28H27FN6O2/c1-17-12-18(9-11-30-17)25-22-13-19(7-8-24(22)32-33-25)27(36)31-21-5-3-10-28(37,14-21)16-35-15-20-4-2-6-23(29)26(20)34-35/h2,4,6-9,11-13,15,21,37H,3,5,10,14,16H2,1H3,(H,31,36)(H,32,33). The summed E-state index contributed by atoms with van der Waals surface area (Å²) >= 11 is 0. The van der Waals surface area contributed by atoms with Crippen molar-refractivity contribution in [3.05, 3.63) is 78.0 Å². The lowest BCUT2D eigenvalue weighted by molar-refractivity contribution is -0.0235. The van der Waals surface area contributed by atoms with E-state index >= 15 is 0 Å². The minimum Gasteiger partial charge on any atom is -0.388 e. The number of hydrogen-bond donors (Lipinski definition) is 3. The van der Waals surface area contributed by atoms with E-state index in [0.717, 1.165) is 40.7 Å². The Morgan fingerprint density at radius 1 is 1.27 bits per heavy atom. The zero-order chi connectivity index (χ0) is 25.6. The van der Waals surface area contributed by atoms with E-state index in [9.17, 15) is 14.3 Å². The highest BCUT2D eigenvalue weighted by Crippen LogP contribution is 2.31. The molecule has 188 valence electrons. The zero-order valence-electron chi connectivity index (χ0n) is 20.4. The Kier molecular flexibility index (Phi) is 5.72. The monoisotopic (exact) mass is 498 g/mol. The first-order chi connectivity index (χ1) is 17.9. The van der Waals surface area contributed by atoms with Crippen LogP contribution in [0.15, 0.2) is 60.9 Å². The van der Waals surface area contributed by atoms with E-state index in [4.69, 9.17) is 0 Å². The molecule has 37 heavy (non-hydrogen) atoms. The molecule has 3 aromatic heterocycles. The van der Waals surface area contributed by atoms with Crippen molar-refractivity contribution in [2.75, 3.05) is 0 Å². The van der Waals surface area contributed by atoms with Gasteiger partial charge in [-0.15, -0.1) is 0 Å². The van der Waals surface area contributed by atoms with Gasteiger partial charge >= 0.3 is 0 Å². The third kappa shape index (κ3) is 4.58. The molecule has 9 heteroatoms. The van der Waals surface area contributed by atoms with Crippen molar-refractivity contribution in [2.45, 2.75) is 50.8 Å². The number of halogens is 1. The number of nitrogens with one attached hydrogen (secondary N) is 2. The number of aromatic amines is 1. The van der Waals surface area contributed by atoms with Crippen LogP contribution in [0.3, 0.4) is 0 Å². The number of benzene rings is 2. The van der Waals surface area contributed by atoms with Gasteiger partial charge in [-0.25, -0.2) is 4.39 Å². The van der Waals surface area contributed by atoms with Crippen LogP contribution in [-0.4, -0.2) is 47.6 Å². The number of aryl methyl sites for hydroxylation is 1. The van der Waals surface area contributed by atoms with Crippen molar-refractivity contribution < 1.29 is 14.3 Å². The molecule has 0 saturated heterocycles. The summed E-state index contributed by atoms with van der Waals surface area (Å²) in [5, 5.41) is 27.8. The Balaban J connectivity index is 1.19. The molecule has 3 N–H and O–H groups in total. The van der Waals surface area contributed by atoms with Gasteiger partial charge in [-0.05, 0) is 69.0 Å². The molecular weight excluding hydrogens is 471 g/mol. The number of carbonyl (C=O) groups excluding carboxylic acids is 1. The predicted octanol–water partition coefficient (Wildman–Crippen LogP) is 4.53. The van der Waals surface area contributed by atoms with Crippen LogP contribution in [0.4, 0.5) is 4.39 Å². The molecule has 0 bridgehead atoms. The summed E-state index contributed by atoms with van der Waals surface area (Å²) in [5.41, 5.74) is 3.21. The quantitative estimate of drug-likeness (QED) is 0.330. The van der Waals surface area contributed by atoms with E-state index < -0.39 is 5.60 Å². The van der Waals surface area contributed by atoms with E-state index in [-0.39, 0.29) is 24.3 Å². The van der Waals surface area contributed by atoms with Gasteiger partial charge in [0.1, 0.15) is 11.2 Å². The van der Waals surface area contributed by atoms with Gasteiger partial charge in [0.25, 0.3) is 5.91 Å². The molecule has 1 saturated carbocycles. The van der Waals surface area contributed by atoms with Gasteiger partial charge in [-0.3, -0.25) is 19.6 Å². The van der Waals surface area contributed by atoms with E-state index in [1.54, 1.807) is 35.3 Å². The number of pyridine rings is 1. The topological polar surface area (TPSA) is 109 Å². The molecule has 8 nitrogen and oxygen atoms in total. The molecule has 1 aliphatic carbocycles. The van der Waals surface area contributed by atoms with Crippen molar-refractivity contribution in [1.82, 2.24) is 30.3 Å². The number of H-pyrrole nitrogens is 1. The fourth-order valence-corrected chi connectivity index (χ4v) is 5.39. The molecule has 6 rings (SSSR count). The average molecular weight is 499 g/mol. The second kappa shape index (κ2) is 9.08. The fourth-order valence-electron chi connectivity index (χ4n) is 5.39. The number of fused-ring (bicyclic) bond motifs is 2. The maximum atomic E-state index is 14.1. The Morgan fingerprint density at radius 2 is 2.16 bits per heavy atom. The summed E-state index contributed by atoms with van der Waals surface area (Å²) < 4.78 is 15.7. The molecule has 0 spiro atoms. The number of nitrogens with zero attached hydrogens (tertiary/aromatic N) is 4. The molecule has 1 amide bonds. The van der Waals surface area contributed by atoms with Gasteiger partial charge in [0, 0.05) is 46.0 Å². The van der Waals surface area contributed by atoms with Crippen LogP contribution < -0.4 is 5.32 Å². The SMILES string of the molecule is Cc1cc(-c2n[nH]c3ccc(C(=O)NC4CCCC(O)(Cn5cc6cccc(F)c6n5)C4)cc23)ccn1. The zero-order valence-corrected chi connectivity index (χ0v) is 20.4. The van der Waals surface area contributed by atoms with Crippen molar-refractivity contribution >= 4 is 27.7 Å². The lowest BCUT2D eigenvalue weighted by Gasteiger charge is -2.37. The van der Waals surface area contributed by atoms with E-state index in [2.05, 4.69) is 25.6 Å². The molecule has 0 radical (unpaired) electrons. The maximum absolute atomic E-state index is 14.1. The molecule has 2 aromatic carbocycles. The second-order valence-electron chi connectivity index (χ2n) is 10.0. The molecule has 1 aliphatic rings. The van der Waals surface area contributed by atoms with Crippen LogP contribution in [0.25, 0.3) is 33.1 Å². The van der Waals surface area contributed by atoms with E-state index in [0.29, 0.717) is 29.3 Å². The third-order valence-corrected chi connectivity index (χ3v) is 7.14. The number of aliphatic hydroxyl groups is 1. The lowest BCUT2D eigenvalue weighted by atomic mass is 9.81. The summed E-state index contributed by atoms with van der Waals surface area (Å²) in [5.74, 6) is -0.574. The first-order valence-corrected chi connectivity index (χ1v) is 12.4. The van der Waals surface area contributed by atoms with Crippen molar-refractivity contribution in [3.63, 3.8) is 0 Å². The van der Waals surface area contributed by atoms with Crippen molar-refractivity contribution in [2.24, 2.45) is 0 Å². The summed E-state index contributed by atoms with van der Waals surface area (Å²) in [6, 6.07) is 14.0. The Morgan fingerprint density at radius 3 is 3.00 bits per heavy atom. The van der Waals surface area contributed by atoms with Crippen LogP contribution in [-0.2, 0) is 6.54 Å². The predicted molar refractivity (Wildman–Crippen MR) is 138 cm³/mol. The van der Waals surface area contributed by atoms with Gasteiger partial charge in [0.05, 0.1) is 17.7 Å². The average Bonchev–Trinajstić information content (AvgIpc) is 3.48. The van der Waals surface area contributed by atoms with Crippen LogP contribution in [0.1, 0.15) is 41.7 Å². The number of carbonyl (C=O) groups is 1. The first kappa shape index (κ1) is 23.3. The first-order valence-electron chi connectivity index (χ1n) is 12.4. The summed E-state index contributed by atoms with van der Waals surface area (Å²) in [7, 11) is 0. The van der Waals surface area contributed by atoms with Crippen LogP contribution in [0, 0.1) is 12.7 Å². The van der Waals surface area contributed by atoms with Crippen molar-refractivity contribution in [3.8, 4) is 11.3 Å².